The maximum atomic E-state index is 11.9. The zero-order valence-electron chi connectivity index (χ0n) is 12.7. The minimum absolute atomic E-state index is 0.0858. The van der Waals surface area contributed by atoms with Gasteiger partial charge in [-0.05, 0) is 37.5 Å². The second-order valence-electron chi connectivity index (χ2n) is 5.54. The van der Waals surface area contributed by atoms with E-state index in [1.54, 1.807) is 24.3 Å². The first-order valence-corrected chi connectivity index (χ1v) is 7.77. The zero-order valence-corrected chi connectivity index (χ0v) is 12.7. The first-order chi connectivity index (χ1) is 10.7. The first-order valence-electron chi connectivity index (χ1n) is 7.77. The van der Waals surface area contributed by atoms with Gasteiger partial charge in [0, 0.05) is 31.6 Å². The highest BCUT2D eigenvalue weighted by atomic mass is 16.2. The van der Waals surface area contributed by atoms with Crippen LogP contribution < -0.4 is 5.32 Å². The average Bonchev–Trinajstić information content (AvgIpc) is 2.72. The molecule has 2 amide bonds. The Morgan fingerprint density at radius 1 is 1.32 bits per heavy atom. The number of nitrogens with one attached hydrogen (secondary N) is 1. The Morgan fingerprint density at radius 2 is 2.18 bits per heavy atom. The summed E-state index contributed by atoms with van der Waals surface area (Å²) in [5.74, 6) is 0.122. The van der Waals surface area contributed by atoms with Crippen molar-refractivity contribution in [1.29, 1.82) is 5.26 Å². The van der Waals surface area contributed by atoms with Crippen molar-refractivity contribution in [3.8, 4) is 6.07 Å². The Kier molecular flexibility index (Phi) is 5.96. The summed E-state index contributed by atoms with van der Waals surface area (Å²) in [6.07, 6.45) is 4.81. The molecule has 1 aliphatic heterocycles. The molecule has 0 aromatic heterocycles. The van der Waals surface area contributed by atoms with Crippen molar-refractivity contribution in [1.82, 2.24) is 4.90 Å². The van der Waals surface area contributed by atoms with E-state index in [9.17, 15) is 9.59 Å². The molecule has 0 bridgehead atoms. The van der Waals surface area contributed by atoms with Gasteiger partial charge >= 0.3 is 0 Å². The van der Waals surface area contributed by atoms with Gasteiger partial charge in [-0.25, -0.2) is 0 Å². The third-order valence-corrected chi connectivity index (χ3v) is 3.78. The molecule has 0 aliphatic carbocycles. The SMILES string of the molecule is N#Cc1cccc(NC(=O)CCCN2CCCCCC2=O)c1. The molecule has 1 aromatic carbocycles. The summed E-state index contributed by atoms with van der Waals surface area (Å²) in [5.41, 5.74) is 1.16. The molecule has 1 aliphatic rings. The molecular weight excluding hydrogens is 278 g/mol. The number of benzene rings is 1. The number of nitriles is 1. The van der Waals surface area contributed by atoms with Gasteiger partial charge in [-0.2, -0.15) is 5.26 Å². The van der Waals surface area contributed by atoms with E-state index >= 15 is 0 Å². The summed E-state index contributed by atoms with van der Waals surface area (Å²) in [4.78, 5) is 25.6. The van der Waals surface area contributed by atoms with Crippen LogP contribution in [0.3, 0.4) is 0 Å². The molecule has 1 saturated heterocycles. The van der Waals surface area contributed by atoms with Crippen molar-refractivity contribution in [2.75, 3.05) is 18.4 Å². The molecule has 1 fully saturated rings. The highest BCUT2D eigenvalue weighted by Gasteiger charge is 2.16. The number of hydrogen-bond acceptors (Lipinski definition) is 3. The van der Waals surface area contributed by atoms with Crippen molar-refractivity contribution in [3.63, 3.8) is 0 Å². The lowest BCUT2D eigenvalue weighted by molar-refractivity contribution is -0.131. The minimum atomic E-state index is -0.0858. The van der Waals surface area contributed by atoms with Crippen LogP contribution >= 0.6 is 0 Å². The number of rotatable bonds is 5. The quantitative estimate of drug-likeness (QED) is 0.908. The fourth-order valence-electron chi connectivity index (χ4n) is 2.60. The van der Waals surface area contributed by atoms with Crippen LogP contribution in [0.5, 0.6) is 0 Å². The number of anilines is 1. The number of nitrogens with zero attached hydrogens (tertiary/aromatic N) is 2. The van der Waals surface area contributed by atoms with E-state index in [-0.39, 0.29) is 11.8 Å². The van der Waals surface area contributed by atoms with Crippen LogP contribution in [0.15, 0.2) is 24.3 Å². The fraction of sp³-hybridized carbons (Fsp3) is 0.471. The summed E-state index contributed by atoms with van der Waals surface area (Å²) >= 11 is 0. The third-order valence-electron chi connectivity index (χ3n) is 3.78. The van der Waals surface area contributed by atoms with Crippen LogP contribution in [0, 0.1) is 11.3 Å². The number of hydrogen-bond donors (Lipinski definition) is 1. The molecular formula is C17H21N3O2. The van der Waals surface area contributed by atoms with Gasteiger partial charge in [-0.3, -0.25) is 9.59 Å². The summed E-state index contributed by atoms with van der Waals surface area (Å²) < 4.78 is 0. The Bertz CT molecular complexity index is 578. The molecule has 5 nitrogen and oxygen atoms in total. The van der Waals surface area contributed by atoms with Gasteiger partial charge in [-0.1, -0.05) is 12.5 Å². The van der Waals surface area contributed by atoms with Gasteiger partial charge in [0.25, 0.3) is 0 Å². The Hall–Kier alpha value is -2.35. The molecule has 0 spiro atoms. The molecule has 1 heterocycles. The normalized spacial score (nSPS) is 15.0. The van der Waals surface area contributed by atoms with E-state index in [2.05, 4.69) is 5.32 Å². The molecule has 22 heavy (non-hydrogen) atoms. The van der Waals surface area contributed by atoms with Crippen LogP contribution in [0.1, 0.15) is 44.1 Å². The second kappa shape index (κ2) is 8.18. The Labute approximate surface area is 130 Å². The van der Waals surface area contributed by atoms with Crippen LogP contribution in [-0.4, -0.2) is 29.8 Å². The van der Waals surface area contributed by atoms with E-state index in [0.29, 0.717) is 37.1 Å². The summed E-state index contributed by atoms with van der Waals surface area (Å²) in [6.45, 7) is 1.45. The van der Waals surface area contributed by atoms with Crippen molar-refractivity contribution in [2.24, 2.45) is 0 Å². The standard InChI is InChI=1S/C17H21N3O2/c18-13-14-6-4-7-15(12-14)19-16(21)8-5-11-20-10-3-1-2-9-17(20)22/h4,6-7,12H,1-3,5,8-11H2,(H,19,21). The Balaban J connectivity index is 1.75. The molecule has 2 rings (SSSR count). The lowest BCUT2D eigenvalue weighted by atomic mass is 10.2. The maximum Gasteiger partial charge on any atom is 0.224 e. The van der Waals surface area contributed by atoms with Crippen molar-refractivity contribution < 1.29 is 9.59 Å². The smallest absolute Gasteiger partial charge is 0.224 e. The number of likely N-dealkylation sites (tertiary alicyclic amines) is 1. The number of carbonyl (C=O) groups excluding carboxylic acids is 2. The summed E-state index contributed by atoms with van der Waals surface area (Å²) in [6, 6.07) is 8.89. The monoisotopic (exact) mass is 299 g/mol. The molecule has 0 unspecified atom stereocenters. The van der Waals surface area contributed by atoms with Crippen LogP contribution in [-0.2, 0) is 9.59 Å². The topological polar surface area (TPSA) is 73.2 Å². The minimum Gasteiger partial charge on any atom is -0.343 e. The highest BCUT2D eigenvalue weighted by molar-refractivity contribution is 5.90. The average molecular weight is 299 g/mol. The van der Waals surface area contributed by atoms with Gasteiger partial charge in [0.05, 0.1) is 11.6 Å². The molecule has 0 saturated carbocycles. The number of carbonyl (C=O) groups is 2. The van der Waals surface area contributed by atoms with E-state index in [0.717, 1.165) is 25.8 Å². The van der Waals surface area contributed by atoms with E-state index in [4.69, 9.17) is 5.26 Å². The van der Waals surface area contributed by atoms with Crippen LogP contribution in [0.4, 0.5) is 5.69 Å². The summed E-state index contributed by atoms with van der Waals surface area (Å²) in [5, 5.41) is 11.6. The predicted octanol–water partition coefficient (Wildman–Crippen LogP) is 2.68. The molecule has 116 valence electrons. The molecule has 1 aromatic rings. The lowest BCUT2D eigenvalue weighted by Gasteiger charge is -2.20. The van der Waals surface area contributed by atoms with Gasteiger partial charge in [0.15, 0.2) is 0 Å². The van der Waals surface area contributed by atoms with Gasteiger partial charge in [0.1, 0.15) is 0 Å². The summed E-state index contributed by atoms with van der Waals surface area (Å²) in [7, 11) is 0. The number of amides is 2. The van der Waals surface area contributed by atoms with Gasteiger partial charge in [-0.15, -0.1) is 0 Å². The highest BCUT2D eigenvalue weighted by Crippen LogP contribution is 2.13. The van der Waals surface area contributed by atoms with Gasteiger partial charge in [0.2, 0.25) is 11.8 Å². The van der Waals surface area contributed by atoms with Crippen molar-refractivity contribution in [2.45, 2.75) is 38.5 Å². The van der Waals surface area contributed by atoms with E-state index < -0.39 is 0 Å². The van der Waals surface area contributed by atoms with Crippen LogP contribution in [0.2, 0.25) is 0 Å². The van der Waals surface area contributed by atoms with Crippen molar-refractivity contribution in [3.05, 3.63) is 29.8 Å². The predicted molar refractivity (Wildman–Crippen MR) is 84.1 cm³/mol. The van der Waals surface area contributed by atoms with E-state index in [1.165, 1.54) is 0 Å². The molecule has 5 heteroatoms. The second-order valence-corrected chi connectivity index (χ2v) is 5.54. The molecule has 0 radical (unpaired) electrons. The van der Waals surface area contributed by atoms with E-state index in [1.807, 2.05) is 11.0 Å². The molecule has 0 atom stereocenters. The third kappa shape index (κ3) is 4.88. The molecule has 1 N–H and O–H groups in total. The zero-order chi connectivity index (χ0) is 15.8. The van der Waals surface area contributed by atoms with Crippen LogP contribution in [0.25, 0.3) is 0 Å². The lowest BCUT2D eigenvalue weighted by Crippen LogP contribution is -2.31. The first kappa shape index (κ1) is 16.0. The van der Waals surface area contributed by atoms with Crippen molar-refractivity contribution >= 4 is 17.5 Å². The maximum absolute atomic E-state index is 11.9. The Morgan fingerprint density at radius 3 is 3.00 bits per heavy atom. The largest absolute Gasteiger partial charge is 0.343 e. The van der Waals surface area contributed by atoms with Gasteiger partial charge < -0.3 is 10.2 Å². The fourth-order valence-corrected chi connectivity index (χ4v) is 2.60.